The van der Waals surface area contributed by atoms with E-state index in [4.69, 9.17) is 9.73 Å². The second-order valence-corrected chi connectivity index (χ2v) is 5.88. The van der Waals surface area contributed by atoms with Crippen molar-refractivity contribution >= 4 is 5.96 Å². The lowest BCUT2D eigenvalue weighted by Gasteiger charge is -2.34. The third-order valence-corrected chi connectivity index (χ3v) is 4.01. The van der Waals surface area contributed by atoms with Crippen LogP contribution in [-0.4, -0.2) is 49.7 Å². The van der Waals surface area contributed by atoms with Gasteiger partial charge in [0.1, 0.15) is 0 Å². The summed E-state index contributed by atoms with van der Waals surface area (Å²) in [5.41, 5.74) is 0. The summed E-state index contributed by atoms with van der Waals surface area (Å²) in [4.78, 5) is 7.22. The number of rotatable bonds is 3. The first-order chi connectivity index (χ1) is 9.29. The Labute approximate surface area is 117 Å². The van der Waals surface area contributed by atoms with Crippen molar-refractivity contribution in [3.63, 3.8) is 0 Å². The smallest absolute Gasteiger partial charge is 0.194 e. The molecule has 19 heavy (non-hydrogen) atoms. The van der Waals surface area contributed by atoms with Crippen LogP contribution in [0.25, 0.3) is 0 Å². The Hall–Kier alpha value is -0.770. The van der Waals surface area contributed by atoms with Crippen LogP contribution in [0.2, 0.25) is 0 Å². The molecule has 4 nitrogen and oxygen atoms in total. The first-order valence-corrected chi connectivity index (χ1v) is 7.94. The Bertz CT molecular complexity index is 287. The van der Waals surface area contributed by atoms with Crippen LogP contribution in [0.15, 0.2) is 4.99 Å². The van der Waals surface area contributed by atoms with E-state index in [1.807, 2.05) is 0 Å². The van der Waals surface area contributed by atoms with E-state index in [1.54, 1.807) is 0 Å². The molecule has 0 saturated carbocycles. The number of likely N-dealkylation sites (tertiary alicyclic amines) is 1. The molecule has 2 heterocycles. The summed E-state index contributed by atoms with van der Waals surface area (Å²) in [6.45, 7) is 9.42. The molecule has 2 saturated heterocycles. The van der Waals surface area contributed by atoms with Crippen molar-refractivity contribution in [2.75, 3.05) is 32.8 Å². The second-order valence-electron chi connectivity index (χ2n) is 5.88. The van der Waals surface area contributed by atoms with Crippen molar-refractivity contribution in [3.8, 4) is 0 Å². The Balaban J connectivity index is 1.89. The number of piperidine rings is 1. The fourth-order valence-electron chi connectivity index (χ4n) is 2.95. The van der Waals surface area contributed by atoms with Crippen LogP contribution in [0.5, 0.6) is 0 Å². The molecule has 4 heteroatoms. The van der Waals surface area contributed by atoms with Crippen molar-refractivity contribution < 1.29 is 4.74 Å². The van der Waals surface area contributed by atoms with Crippen LogP contribution in [0.3, 0.4) is 0 Å². The van der Waals surface area contributed by atoms with Gasteiger partial charge in [-0.2, -0.15) is 0 Å². The Kier molecular flexibility index (Phi) is 5.95. The van der Waals surface area contributed by atoms with Crippen LogP contribution < -0.4 is 5.32 Å². The quantitative estimate of drug-likeness (QED) is 0.629. The fourth-order valence-corrected chi connectivity index (χ4v) is 2.95. The van der Waals surface area contributed by atoms with Gasteiger partial charge >= 0.3 is 0 Å². The van der Waals surface area contributed by atoms with Gasteiger partial charge in [-0.1, -0.05) is 6.92 Å². The predicted molar refractivity (Wildman–Crippen MR) is 79.5 cm³/mol. The van der Waals surface area contributed by atoms with Crippen molar-refractivity contribution in [1.82, 2.24) is 10.2 Å². The van der Waals surface area contributed by atoms with E-state index in [2.05, 4.69) is 24.1 Å². The molecule has 2 atom stereocenters. The maximum Gasteiger partial charge on any atom is 0.194 e. The summed E-state index contributed by atoms with van der Waals surface area (Å²) in [6.07, 6.45) is 6.64. The lowest BCUT2D eigenvalue weighted by molar-refractivity contribution is 0.0222. The van der Waals surface area contributed by atoms with Gasteiger partial charge in [-0.15, -0.1) is 0 Å². The van der Waals surface area contributed by atoms with E-state index >= 15 is 0 Å². The molecule has 0 radical (unpaired) electrons. The van der Waals surface area contributed by atoms with Gasteiger partial charge in [0.05, 0.1) is 12.6 Å². The number of hydrogen-bond donors (Lipinski definition) is 1. The third kappa shape index (κ3) is 4.68. The number of aliphatic imine (C=N–C) groups is 1. The number of ether oxygens (including phenoxy) is 1. The molecule has 2 fully saturated rings. The Morgan fingerprint density at radius 2 is 2.21 bits per heavy atom. The van der Waals surface area contributed by atoms with E-state index in [0.29, 0.717) is 6.10 Å². The van der Waals surface area contributed by atoms with Gasteiger partial charge in [0.2, 0.25) is 0 Å². The molecule has 0 spiro atoms. The Morgan fingerprint density at radius 1 is 1.32 bits per heavy atom. The highest BCUT2D eigenvalue weighted by Crippen LogP contribution is 2.16. The molecule has 2 aliphatic heterocycles. The number of nitrogens with zero attached hydrogens (tertiary/aromatic N) is 2. The highest BCUT2D eigenvalue weighted by molar-refractivity contribution is 5.80. The molecular formula is C15H29N3O. The van der Waals surface area contributed by atoms with Crippen molar-refractivity contribution in [2.45, 2.75) is 52.1 Å². The van der Waals surface area contributed by atoms with Crippen LogP contribution in [-0.2, 0) is 4.74 Å². The van der Waals surface area contributed by atoms with E-state index in [-0.39, 0.29) is 0 Å². The van der Waals surface area contributed by atoms with Gasteiger partial charge in [0.25, 0.3) is 0 Å². The largest absolute Gasteiger partial charge is 0.376 e. The average molecular weight is 267 g/mol. The highest BCUT2D eigenvalue weighted by atomic mass is 16.5. The molecule has 0 aromatic rings. The zero-order valence-electron chi connectivity index (χ0n) is 12.5. The molecule has 0 aliphatic carbocycles. The summed E-state index contributed by atoms with van der Waals surface area (Å²) in [6, 6.07) is 0. The number of nitrogens with one attached hydrogen (secondary N) is 1. The highest BCUT2D eigenvalue weighted by Gasteiger charge is 2.20. The summed E-state index contributed by atoms with van der Waals surface area (Å²) < 4.78 is 5.76. The molecular weight excluding hydrogens is 238 g/mol. The maximum absolute atomic E-state index is 5.76. The maximum atomic E-state index is 5.76. The van der Waals surface area contributed by atoms with E-state index < -0.39 is 0 Å². The van der Waals surface area contributed by atoms with Gasteiger partial charge in [-0.25, -0.2) is 0 Å². The van der Waals surface area contributed by atoms with Gasteiger partial charge in [0, 0.05) is 26.2 Å². The van der Waals surface area contributed by atoms with Gasteiger partial charge in [-0.3, -0.25) is 4.99 Å². The summed E-state index contributed by atoms with van der Waals surface area (Å²) in [5.74, 6) is 1.87. The van der Waals surface area contributed by atoms with Crippen LogP contribution in [0.1, 0.15) is 46.0 Å². The fraction of sp³-hybridized carbons (Fsp3) is 0.933. The predicted octanol–water partition coefficient (Wildman–Crippen LogP) is 2.25. The standard InChI is InChI=1S/C15H29N3O/c1-3-16-15(18-9-6-7-13(2)12-18)17-11-14-8-4-5-10-19-14/h13-14H,3-12H2,1-2H3,(H,16,17). The molecule has 2 rings (SSSR count). The van der Waals surface area contributed by atoms with Crippen LogP contribution in [0, 0.1) is 5.92 Å². The van der Waals surface area contributed by atoms with Gasteiger partial charge in [-0.05, 0) is 44.9 Å². The van der Waals surface area contributed by atoms with Crippen molar-refractivity contribution in [2.24, 2.45) is 10.9 Å². The van der Waals surface area contributed by atoms with Gasteiger partial charge in [0.15, 0.2) is 5.96 Å². The van der Waals surface area contributed by atoms with Crippen molar-refractivity contribution in [3.05, 3.63) is 0 Å². The third-order valence-electron chi connectivity index (χ3n) is 4.01. The minimum absolute atomic E-state index is 0.338. The monoisotopic (exact) mass is 267 g/mol. The van der Waals surface area contributed by atoms with Gasteiger partial charge < -0.3 is 15.0 Å². The molecule has 0 aromatic heterocycles. The summed E-state index contributed by atoms with van der Waals surface area (Å²) in [7, 11) is 0. The lowest BCUT2D eigenvalue weighted by atomic mass is 10.0. The summed E-state index contributed by atoms with van der Waals surface area (Å²) >= 11 is 0. The molecule has 0 amide bonds. The number of hydrogen-bond acceptors (Lipinski definition) is 2. The van der Waals surface area contributed by atoms with E-state index in [9.17, 15) is 0 Å². The molecule has 0 aromatic carbocycles. The zero-order chi connectivity index (χ0) is 13.5. The minimum Gasteiger partial charge on any atom is -0.376 e. The van der Waals surface area contributed by atoms with Crippen LogP contribution >= 0.6 is 0 Å². The number of guanidine groups is 1. The lowest BCUT2D eigenvalue weighted by Crippen LogP contribution is -2.46. The first-order valence-electron chi connectivity index (χ1n) is 7.94. The van der Waals surface area contributed by atoms with E-state index in [1.165, 1.54) is 32.1 Å². The molecule has 2 aliphatic rings. The topological polar surface area (TPSA) is 36.9 Å². The molecule has 2 unspecified atom stereocenters. The van der Waals surface area contributed by atoms with E-state index in [0.717, 1.165) is 44.7 Å². The van der Waals surface area contributed by atoms with Crippen LogP contribution in [0.4, 0.5) is 0 Å². The second kappa shape index (κ2) is 7.73. The zero-order valence-corrected chi connectivity index (χ0v) is 12.5. The van der Waals surface area contributed by atoms with Crippen molar-refractivity contribution in [1.29, 1.82) is 0 Å². The first kappa shape index (κ1) is 14.6. The summed E-state index contributed by atoms with van der Waals surface area (Å²) in [5, 5.41) is 3.43. The molecule has 110 valence electrons. The molecule has 1 N–H and O–H groups in total. The molecule has 0 bridgehead atoms. The average Bonchev–Trinajstić information content (AvgIpc) is 2.44. The minimum atomic E-state index is 0.338. The SMILES string of the molecule is CCNC(=NCC1CCCCO1)N1CCCC(C)C1. The normalized spacial score (nSPS) is 29.4. The Morgan fingerprint density at radius 3 is 2.89 bits per heavy atom.